The van der Waals surface area contributed by atoms with Crippen LogP contribution in [0.3, 0.4) is 0 Å². The van der Waals surface area contributed by atoms with Crippen LogP contribution >= 0.6 is 11.8 Å². The van der Waals surface area contributed by atoms with Crippen LogP contribution in [0, 0.1) is 11.3 Å². The Labute approximate surface area is 98.1 Å². The third kappa shape index (κ3) is 2.45. The Hall–Kier alpha value is -1.28. The highest BCUT2D eigenvalue weighted by Gasteiger charge is 2.16. The van der Waals surface area contributed by atoms with Crippen molar-refractivity contribution in [1.82, 2.24) is 9.97 Å². The van der Waals surface area contributed by atoms with Crippen molar-refractivity contribution in [2.45, 2.75) is 37.3 Å². The Kier molecular flexibility index (Phi) is 3.62. The lowest BCUT2D eigenvalue weighted by atomic mass is 10.3. The molecule has 0 radical (unpaired) electrons. The zero-order chi connectivity index (χ0) is 11.4. The standard InChI is InChI=1S/C11H13N3OS/c12-6-1-2-7-16-11-13-9-5-3-4-8(9)10(15)14-11/h1-5,7H2,(H,13,14,15). The van der Waals surface area contributed by atoms with Crippen molar-refractivity contribution in [3.05, 3.63) is 21.6 Å². The Morgan fingerprint density at radius 2 is 2.38 bits per heavy atom. The van der Waals surface area contributed by atoms with E-state index in [1.54, 1.807) is 0 Å². The first-order valence-electron chi connectivity index (χ1n) is 5.43. The number of aromatic amines is 1. The predicted octanol–water partition coefficient (Wildman–Crippen LogP) is 1.65. The Morgan fingerprint density at radius 3 is 3.19 bits per heavy atom. The molecule has 16 heavy (non-hydrogen) atoms. The van der Waals surface area contributed by atoms with E-state index in [2.05, 4.69) is 16.0 Å². The third-order valence-electron chi connectivity index (χ3n) is 2.59. The quantitative estimate of drug-likeness (QED) is 0.489. The first-order valence-corrected chi connectivity index (χ1v) is 6.41. The summed E-state index contributed by atoms with van der Waals surface area (Å²) in [5.74, 6) is 0.829. The molecule has 4 nitrogen and oxygen atoms in total. The zero-order valence-corrected chi connectivity index (χ0v) is 9.77. The van der Waals surface area contributed by atoms with E-state index in [0.717, 1.165) is 42.7 Å². The summed E-state index contributed by atoms with van der Waals surface area (Å²) in [6, 6.07) is 2.10. The van der Waals surface area contributed by atoms with E-state index in [4.69, 9.17) is 5.26 Å². The summed E-state index contributed by atoms with van der Waals surface area (Å²) in [7, 11) is 0. The van der Waals surface area contributed by atoms with Gasteiger partial charge in [0.05, 0.1) is 11.8 Å². The summed E-state index contributed by atoms with van der Waals surface area (Å²) in [4.78, 5) is 18.9. The number of nitrogens with zero attached hydrogens (tertiary/aromatic N) is 2. The Bertz CT molecular complexity index is 475. The van der Waals surface area contributed by atoms with E-state index in [9.17, 15) is 4.79 Å². The SMILES string of the molecule is N#CCCCSc1nc2c(c(=O)[nH]1)CCC2. The lowest BCUT2D eigenvalue weighted by molar-refractivity contribution is 0.866. The van der Waals surface area contributed by atoms with Gasteiger partial charge in [0.15, 0.2) is 5.16 Å². The highest BCUT2D eigenvalue weighted by Crippen LogP contribution is 2.19. The van der Waals surface area contributed by atoms with E-state index in [0.29, 0.717) is 11.6 Å². The first kappa shape index (κ1) is 11.2. The molecule has 2 rings (SSSR count). The van der Waals surface area contributed by atoms with Gasteiger partial charge in [-0.15, -0.1) is 0 Å². The van der Waals surface area contributed by atoms with Crippen molar-refractivity contribution in [3.63, 3.8) is 0 Å². The highest BCUT2D eigenvalue weighted by molar-refractivity contribution is 7.99. The van der Waals surface area contributed by atoms with Gasteiger partial charge in [0.25, 0.3) is 5.56 Å². The summed E-state index contributed by atoms with van der Waals surface area (Å²) >= 11 is 1.52. The fraction of sp³-hybridized carbons (Fsp3) is 0.545. The monoisotopic (exact) mass is 235 g/mol. The van der Waals surface area contributed by atoms with Gasteiger partial charge in [-0.1, -0.05) is 11.8 Å². The van der Waals surface area contributed by atoms with E-state index in [1.165, 1.54) is 11.8 Å². The van der Waals surface area contributed by atoms with Gasteiger partial charge in [-0.3, -0.25) is 4.79 Å². The summed E-state index contributed by atoms with van der Waals surface area (Å²) in [5.41, 5.74) is 1.85. The van der Waals surface area contributed by atoms with Gasteiger partial charge >= 0.3 is 0 Å². The molecule has 1 aliphatic carbocycles. The van der Waals surface area contributed by atoms with Gasteiger partial charge in [0.2, 0.25) is 0 Å². The second-order valence-corrected chi connectivity index (χ2v) is 4.84. The maximum Gasteiger partial charge on any atom is 0.254 e. The van der Waals surface area contributed by atoms with Crippen LogP contribution in [0.5, 0.6) is 0 Å². The fourth-order valence-corrected chi connectivity index (χ4v) is 2.63. The molecule has 1 N–H and O–H groups in total. The number of fused-ring (bicyclic) bond motifs is 1. The Morgan fingerprint density at radius 1 is 1.50 bits per heavy atom. The number of aromatic nitrogens is 2. The van der Waals surface area contributed by atoms with Crippen LogP contribution in [0.25, 0.3) is 0 Å². The average molecular weight is 235 g/mol. The second kappa shape index (κ2) is 5.17. The van der Waals surface area contributed by atoms with Crippen molar-refractivity contribution >= 4 is 11.8 Å². The molecule has 0 atom stereocenters. The Balaban J connectivity index is 2.04. The number of nitrogens with one attached hydrogen (secondary N) is 1. The van der Waals surface area contributed by atoms with Crippen molar-refractivity contribution in [2.24, 2.45) is 0 Å². The number of thioether (sulfide) groups is 1. The molecule has 0 unspecified atom stereocenters. The highest BCUT2D eigenvalue weighted by atomic mass is 32.2. The average Bonchev–Trinajstić information content (AvgIpc) is 2.73. The van der Waals surface area contributed by atoms with Gasteiger partial charge in [0.1, 0.15) is 0 Å². The molecule has 0 saturated heterocycles. The molecular weight excluding hydrogens is 222 g/mol. The van der Waals surface area contributed by atoms with Crippen LogP contribution in [0.1, 0.15) is 30.5 Å². The first-order chi connectivity index (χ1) is 7.81. The van der Waals surface area contributed by atoms with E-state index in [1.807, 2.05) is 0 Å². The number of hydrogen-bond acceptors (Lipinski definition) is 4. The van der Waals surface area contributed by atoms with Gasteiger partial charge in [-0.05, 0) is 25.7 Å². The molecule has 1 aliphatic rings. The molecule has 0 spiro atoms. The zero-order valence-electron chi connectivity index (χ0n) is 8.95. The second-order valence-electron chi connectivity index (χ2n) is 3.76. The van der Waals surface area contributed by atoms with Gasteiger partial charge in [-0.25, -0.2) is 4.98 Å². The predicted molar refractivity (Wildman–Crippen MR) is 62.5 cm³/mol. The van der Waals surface area contributed by atoms with Gasteiger partial charge in [-0.2, -0.15) is 5.26 Å². The van der Waals surface area contributed by atoms with Gasteiger partial charge in [0, 0.05) is 17.7 Å². The molecule has 5 heteroatoms. The summed E-state index contributed by atoms with van der Waals surface area (Å²) in [6.07, 6.45) is 4.21. The third-order valence-corrected chi connectivity index (χ3v) is 3.55. The largest absolute Gasteiger partial charge is 0.301 e. The molecule has 84 valence electrons. The molecule has 1 aromatic heterocycles. The van der Waals surface area contributed by atoms with Crippen LogP contribution in [-0.2, 0) is 12.8 Å². The molecule has 0 bridgehead atoms. The molecule has 0 aromatic carbocycles. The topological polar surface area (TPSA) is 69.5 Å². The minimum atomic E-state index is 0.0188. The number of nitriles is 1. The molecule has 0 fully saturated rings. The van der Waals surface area contributed by atoms with E-state index in [-0.39, 0.29) is 5.56 Å². The van der Waals surface area contributed by atoms with Crippen molar-refractivity contribution in [1.29, 1.82) is 5.26 Å². The molecule has 0 amide bonds. The van der Waals surface area contributed by atoms with Crippen LogP contribution in [0.15, 0.2) is 9.95 Å². The smallest absolute Gasteiger partial charge is 0.254 e. The maximum atomic E-state index is 11.7. The molecule has 1 heterocycles. The van der Waals surface area contributed by atoms with Crippen molar-refractivity contribution in [3.8, 4) is 6.07 Å². The fourth-order valence-electron chi connectivity index (χ4n) is 1.81. The number of rotatable bonds is 4. The summed E-state index contributed by atoms with van der Waals surface area (Å²) in [6.45, 7) is 0. The molecule has 0 aliphatic heterocycles. The molecule has 0 saturated carbocycles. The number of H-pyrrole nitrogens is 1. The number of hydrogen-bond donors (Lipinski definition) is 1. The van der Waals surface area contributed by atoms with Crippen molar-refractivity contribution < 1.29 is 0 Å². The summed E-state index contributed by atoms with van der Waals surface area (Å²) in [5, 5.41) is 9.10. The van der Waals surface area contributed by atoms with Gasteiger partial charge < -0.3 is 4.98 Å². The maximum absolute atomic E-state index is 11.7. The van der Waals surface area contributed by atoms with Crippen LogP contribution in [0.4, 0.5) is 0 Å². The normalized spacial score (nSPS) is 13.4. The van der Waals surface area contributed by atoms with E-state index < -0.39 is 0 Å². The van der Waals surface area contributed by atoms with Crippen LogP contribution in [0.2, 0.25) is 0 Å². The lowest BCUT2D eigenvalue weighted by Gasteiger charge is -2.02. The lowest BCUT2D eigenvalue weighted by Crippen LogP contribution is -2.14. The van der Waals surface area contributed by atoms with Crippen molar-refractivity contribution in [2.75, 3.05) is 5.75 Å². The molecule has 1 aromatic rings. The molecular formula is C11H13N3OS. The minimum Gasteiger partial charge on any atom is -0.301 e. The van der Waals surface area contributed by atoms with Crippen LogP contribution in [-0.4, -0.2) is 15.7 Å². The van der Waals surface area contributed by atoms with E-state index >= 15 is 0 Å². The number of aryl methyl sites for hydroxylation is 1. The summed E-state index contributed by atoms with van der Waals surface area (Å²) < 4.78 is 0. The minimum absolute atomic E-state index is 0.0188. The number of unbranched alkanes of at least 4 members (excludes halogenated alkanes) is 1. The van der Waals surface area contributed by atoms with Crippen LogP contribution < -0.4 is 5.56 Å².